The summed E-state index contributed by atoms with van der Waals surface area (Å²) in [6.45, 7) is 1.95. The lowest BCUT2D eigenvalue weighted by molar-refractivity contribution is -0.116. The topological polar surface area (TPSA) is 75.7 Å². The Balaban J connectivity index is 2.13. The molecule has 0 unspecified atom stereocenters. The van der Waals surface area contributed by atoms with Crippen molar-refractivity contribution in [1.82, 2.24) is 4.31 Å². The van der Waals surface area contributed by atoms with E-state index < -0.39 is 10.0 Å². The van der Waals surface area contributed by atoms with E-state index in [2.05, 4.69) is 21.2 Å². The number of methoxy groups -OCH3 is 1. The van der Waals surface area contributed by atoms with Gasteiger partial charge in [-0.25, -0.2) is 12.7 Å². The SMILES string of the molecule is COc1ccc(S(=O)(=O)N(C)C)cc1CCC(=O)Nc1ccc(Br)c(C)c1. The first kappa shape index (κ1) is 21.4. The Morgan fingerprint density at radius 3 is 2.48 bits per heavy atom. The molecule has 0 spiro atoms. The third-order valence-electron chi connectivity index (χ3n) is 4.09. The van der Waals surface area contributed by atoms with E-state index >= 15 is 0 Å². The van der Waals surface area contributed by atoms with Crippen molar-refractivity contribution in [2.75, 3.05) is 26.5 Å². The fraction of sp³-hybridized carbons (Fsp3) is 0.316. The quantitative estimate of drug-likeness (QED) is 0.693. The minimum absolute atomic E-state index is 0.153. The zero-order valence-electron chi connectivity index (χ0n) is 15.7. The molecule has 146 valence electrons. The predicted molar refractivity (Wildman–Crippen MR) is 110 cm³/mol. The number of hydrogen-bond acceptors (Lipinski definition) is 4. The fourth-order valence-corrected chi connectivity index (χ4v) is 3.72. The Kier molecular flexibility index (Phi) is 7.02. The maximum atomic E-state index is 12.3. The number of nitrogens with one attached hydrogen (secondary N) is 1. The van der Waals surface area contributed by atoms with Gasteiger partial charge in [-0.2, -0.15) is 0 Å². The molecular weight excluding hydrogens is 432 g/mol. The summed E-state index contributed by atoms with van der Waals surface area (Å²) in [6, 6.07) is 10.3. The zero-order chi connectivity index (χ0) is 20.2. The lowest BCUT2D eigenvalue weighted by atomic mass is 10.1. The molecule has 1 amide bonds. The molecule has 0 aromatic heterocycles. The van der Waals surface area contributed by atoms with Gasteiger partial charge in [0.2, 0.25) is 15.9 Å². The number of ether oxygens (including phenoxy) is 1. The smallest absolute Gasteiger partial charge is 0.242 e. The molecule has 0 atom stereocenters. The van der Waals surface area contributed by atoms with E-state index in [1.165, 1.54) is 27.3 Å². The van der Waals surface area contributed by atoms with E-state index in [1.807, 2.05) is 25.1 Å². The van der Waals surface area contributed by atoms with Gasteiger partial charge in [-0.05, 0) is 60.9 Å². The minimum atomic E-state index is -3.55. The Hall–Kier alpha value is -1.90. The van der Waals surface area contributed by atoms with Crippen LogP contribution in [0.3, 0.4) is 0 Å². The summed E-state index contributed by atoms with van der Waals surface area (Å²) in [6.07, 6.45) is 0.568. The Morgan fingerprint density at radius 2 is 1.89 bits per heavy atom. The second kappa shape index (κ2) is 8.86. The van der Waals surface area contributed by atoms with Gasteiger partial charge in [0, 0.05) is 30.7 Å². The summed E-state index contributed by atoms with van der Waals surface area (Å²) in [7, 11) is 0.928. The number of sulfonamides is 1. The molecule has 0 heterocycles. The molecule has 2 rings (SSSR count). The number of benzene rings is 2. The maximum Gasteiger partial charge on any atom is 0.242 e. The largest absolute Gasteiger partial charge is 0.496 e. The van der Waals surface area contributed by atoms with E-state index in [9.17, 15) is 13.2 Å². The van der Waals surface area contributed by atoms with Crippen LogP contribution in [0.1, 0.15) is 17.5 Å². The highest BCUT2D eigenvalue weighted by molar-refractivity contribution is 9.10. The zero-order valence-corrected chi connectivity index (χ0v) is 18.1. The average molecular weight is 455 g/mol. The molecule has 0 saturated heterocycles. The van der Waals surface area contributed by atoms with Crippen molar-refractivity contribution in [2.24, 2.45) is 0 Å². The molecule has 1 N–H and O–H groups in total. The lowest BCUT2D eigenvalue weighted by Gasteiger charge is -2.14. The van der Waals surface area contributed by atoms with Gasteiger partial charge in [-0.1, -0.05) is 15.9 Å². The van der Waals surface area contributed by atoms with Crippen molar-refractivity contribution >= 4 is 37.5 Å². The van der Waals surface area contributed by atoms with Gasteiger partial charge in [0.1, 0.15) is 5.75 Å². The molecule has 0 fully saturated rings. The second-order valence-electron chi connectivity index (χ2n) is 6.27. The Labute approximate surface area is 168 Å². The van der Waals surface area contributed by atoms with Gasteiger partial charge in [0.25, 0.3) is 0 Å². The van der Waals surface area contributed by atoms with Gasteiger partial charge >= 0.3 is 0 Å². The molecular formula is C19H23BrN2O4S. The van der Waals surface area contributed by atoms with Crippen molar-refractivity contribution in [3.8, 4) is 5.75 Å². The first-order valence-electron chi connectivity index (χ1n) is 8.30. The van der Waals surface area contributed by atoms with Crippen LogP contribution in [0, 0.1) is 6.92 Å². The first-order chi connectivity index (χ1) is 12.6. The highest BCUT2D eigenvalue weighted by atomic mass is 79.9. The van der Waals surface area contributed by atoms with E-state index in [4.69, 9.17) is 4.74 Å². The maximum absolute atomic E-state index is 12.3. The van der Waals surface area contributed by atoms with Crippen LogP contribution in [-0.2, 0) is 21.2 Å². The van der Waals surface area contributed by atoms with Crippen LogP contribution in [0.4, 0.5) is 5.69 Å². The summed E-state index contributed by atoms with van der Waals surface area (Å²) in [5.41, 5.74) is 2.41. The van der Waals surface area contributed by atoms with E-state index in [-0.39, 0.29) is 17.2 Å². The number of hydrogen-bond donors (Lipinski definition) is 1. The van der Waals surface area contributed by atoms with E-state index in [0.29, 0.717) is 17.7 Å². The first-order valence-corrected chi connectivity index (χ1v) is 10.5. The number of nitrogens with zero attached hydrogens (tertiary/aromatic N) is 1. The number of carbonyl (C=O) groups is 1. The van der Waals surface area contributed by atoms with Gasteiger partial charge in [-0.3, -0.25) is 4.79 Å². The fourth-order valence-electron chi connectivity index (χ4n) is 2.52. The standard InChI is InChI=1S/C19H23BrN2O4S/c1-13-11-15(6-8-17(13)20)21-19(23)10-5-14-12-16(7-9-18(14)26-4)27(24,25)22(2)3/h6-9,11-12H,5,10H2,1-4H3,(H,21,23). The second-order valence-corrected chi connectivity index (χ2v) is 9.28. The number of halogens is 1. The number of amides is 1. The molecule has 8 heteroatoms. The monoisotopic (exact) mass is 454 g/mol. The summed E-state index contributed by atoms with van der Waals surface area (Å²) in [5, 5.41) is 2.85. The van der Waals surface area contributed by atoms with Gasteiger partial charge in [-0.15, -0.1) is 0 Å². The molecule has 2 aromatic carbocycles. The van der Waals surface area contributed by atoms with Crippen molar-refractivity contribution in [3.05, 3.63) is 52.0 Å². The average Bonchev–Trinajstić information content (AvgIpc) is 2.62. The molecule has 0 bridgehead atoms. The summed E-state index contributed by atoms with van der Waals surface area (Å²) in [4.78, 5) is 12.5. The molecule has 6 nitrogen and oxygen atoms in total. The minimum Gasteiger partial charge on any atom is -0.496 e. The van der Waals surface area contributed by atoms with Crippen LogP contribution in [-0.4, -0.2) is 39.8 Å². The highest BCUT2D eigenvalue weighted by Crippen LogP contribution is 2.25. The third-order valence-corrected chi connectivity index (χ3v) is 6.79. The Bertz CT molecular complexity index is 943. The molecule has 0 aliphatic rings. The molecule has 0 aliphatic carbocycles. The van der Waals surface area contributed by atoms with Crippen LogP contribution in [0.2, 0.25) is 0 Å². The van der Waals surface area contributed by atoms with Crippen molar-refractivity contribution in [2.45, 2.75) is 24.7 Å². The molecule has 2 aromatic rings. The van der Waals surface area contributed by atoms with Gasteiger partial charge in [0.15, 0.2) is 0 Å². The number of rotatable bonds is 7. The van der Waals surface area contributed by atoms with Crippen molar-refractivity contribution < 1.29 is 17.9 Å². The molecule has 0 saturated carbocycles. The van der Waals surface area contributed by atoms with E-state index in [1.54, 1.807) is 12.1 Å². The van der Waals surface area contributed by atoms with Crippen LogP contribution < -0.4 is 10.1 Å². The van der Waals surface area contributed by atoms with Crippen LogP contribution in [0.5, 0.6) is 5.75 Å². The molecule has 27 heavy (non-hydrogen) atoms. The van der Waals surface area contributed by atoms with Gasteiger partial charge in [0.05, 0.1) is 12.0 Å². The summed E-state index contributed by atoms with van der Waals surface area (Å²) in [5.74, 6) is 0.402. The van der Waals surface area contributed by atoms with Gasteiger partial charge < -0.3 is 10.1 Å². The number of carbonyl (C=O) groups excluding carboxylic acids is 1. The van der Waals surface area contributed by atoms with Crippen LogP contribution in [0.15, 0.2) is 45.8 Å². The normalized spacial score (nSPS) is 11.5. The molecule has 0 aliphatic heterocycles. The van der Waals surface area contributed by atoms with Crippen molar-refractivity contribution in [3.63, 3.8) is 0 Å². The number of aryl methyl sites for hydroxylation is 2. The van der Waals surface area contributed by atoms with Crippen molar-refractivity contribution in [1.29, 1.82) is 0 Å². The lowest BCUT2D eigenvalue weighted by Crippen LogP contribution is -2.22. The summed E-state index contributed by atoms with van der Waals surface area (Å²) >= 11 is 3.43. The number of anilines is 1. The van der Waals surface area contributed by atoms with Crippen LogP contribution >= 0.6 is 15.9 Å². The third kappa shape index (κ3) is 5.31. The predicted octanol–water partition coefficient (Wildman–Crippen LogP) is 3.59. The Morgan fingerprint density at radius 1 is 1.19 bits per heavy atom. The molecule has 0 radical (unpaired) electrons. The van der Waals surface area contributed by atoms with E-state index in [0.717, 1.165) is 20.0 Å². The van der Waals surface area contributed by atoms with Crippen LogP contribution in [0.25, 0.3) is 0 Å². The summed E-state index contributed by atoms with van der Waals surface area (Å²) < 4.78 is 32.1. The highest BCUT2D eigenvalue weighted by Gasteiger charge is 2.19.